The first-order chi connectivity index (χ1) is 14.4. The summed E-state index contributed by atoms with van der Waals surface area (Å²) >= 11 is 0. The van der Waals surface area contributed by atoms with Crippen LogP contribution in [0.3, 0.4) is 0 Å². The van der Waals surface area contributed by atoms with Gasteiger partial charge in [0.15, 0.2) is 23.5 Å². The van der Waals surface area contributed by atoms with Crippen LogP contribution in [-0.4, -0.2) is 47.1 Å². The Morgan fingerprint density at radius 3 is 2.03 bits per heavy atom. The standard InChI is InChI=1S/C24H33N5O2/c1-23(2,3)28(30)15-19-8-9-21-20(16-29(31)24(4,5)6)14-27(17-22(19)21)12-7-11-26-13-10-25-18-26/h8-10,13-18H,7,11-12H2,1-6H3/b28-15-,29-16-. The lowest BCUT2D eigenvalue weighted by molar-refractivity contribution is -0.530. The Kier molecular flexibility index (Phi) is 6.25. The number of aryl methyl sites for hydroxylation is 2. The Balaban J connectivity index is 2.00. The maximum atomic E-state index is 12.7. The largest absolute Gasteiger partial charge is 0.623 e. The third-order valence-electron chi connectivity index (χ3n) is 5.17. The molecule has 1 aliphatic carbocycles. The molecule has 0 atom stereocenters. The maximum absolute atomic E-state index is 12.7. The van der Waals surface area contributed by atoms with Crippen LogP contribution in [0.4, 0.5) is 0 Å². The van der Waals surface area contributed by atoms with E-state index in [0.29, 0.717) is 0 Å². The Morgan fingerprint density at radius 1 is 0.839 bits per heavy atom. The molecule has 0 N–H and O–H groups in total. The number of hydrogen-bond acceptors (Lipinski definition) is 3. The van der Waals surface area contributed by atoms with Crippen molar-refractivity contribution in [3.63, 3.8) is 0 Å². The van der Waals surface area contributed by atoms with E-state index in [4.69, 9.17) is 0 Å². The van der Waals surface area contributed by atoms with Crippen LogP contribution in [0.1, 0.15) is 59.1 Å². The van der Waals surface area contributed by atoms with Crippen LogP contribution in [0.5, 0.6) is 0 Å². The molecule has 7 heteroatoms. The second kappa shape index (κ2) is 8.57. The van der Waals surface area contributed by atoms with Crippen LogP contribution >= 0.6 is 0 Å². The zero-order valence-corrected chi connectivity index (χ0v) is 19.4. The normalized spacial score (nSPS) is 13.9. The van der Waals surface area contributed by atoms with Crippen LogP contribution in [0, 0.1) is 10.4 Å². The molecule has 0 radical (unpaired) electrons. The lowest BCUT2D eigenvalue weighted by Crippen LogP contribution is -2.29. The van der Waals surface area contributed by atoms with Gasteiger partial charge in [0.1, 0.15) is 0 Å². The van der Waals surface area contributed by atoms with Gasteiger partial charge in [-0.3, -0.25) is 0 Å². The fourth-order valence-electron chi connectivity index (χ4n) is 3.19. The molecule has 0 unspecified atom stereocenters. The highest BCUT2D eigenvalue weighted by atomic mass is 16.5. The third kappa shape index (κ3) is 5.54. The number of aromatic nitrogens is 3. The summed E-state index contributed by atoms with van der Waals surface area (Å²) in [4.78, 5) is 4.08. The maximum Gasteiger partial charge on any atom is 0.184 e. The van der Waals surface area contributed by atoms with Crippen molar-refractivity contribution < 1.29 is 9.48 Å². The molecular formula is C24H33N5O2. The van der Waals surface area contributed by atoms with E-state index in [9.17, 15) is 10.4 Å². The fraction of sp³-hybridized carbons (Fsp3) is 0.458. The minimum atomic E-state index is -0.534. The van der Waals surface area contributed by atoms with Crippen molar-refractivity contribution in [1.29, 1.82) is 0 Å². The lowest BCUT2D eigenvalue weighted by atomic mass is 10.0. The number of pyridine rings is 1. The molecule has 3 rings (SSSR count). The van der Waals surface area contributed by atoms with Crippen molar-refractivity contribution in [2.45, 2.75) is 72.1 Å². The van der Waals surface area contributed by atoms with E-state index in [0.717, 1.165) is 51.2 Å². The van der Waals surface area contributed by atoms with Gasteiger partial charge in [0.05, 0.1) is 11.9 Å². The van der Waals surface area contributed by atoms with Gasteiger partial charge in [0.25, 0.3) is 0 Å². The van der Waals surface area contributed by atoms with Crippen molar-refractivity contribution in [1.82, 2.24) is 14.1 Å². The summed E-state index contributed by atoms with van der Waals surface area (Å²) in [5.74, 6) is 0. The molecule has 0 bridgehead atoms. The van der Waals surface area contributed by atoms with E-state index < -0.39 is 11.1 Å². The van der Waals surface area contributed by atoms with Crippen molar-refractivity contribution in [2.75, 3.05) is 0 Å². The molecule has 1 aromatic rings. The van der Waals surface area contributed by atoms with E-state index >= 15 is 0 Å². The van der Waals surface area contributed by atoms with E-state index in [2.05, 4.69) is 15.7 Å². The van der Waals surface area contributed by atoms with Gasteiger partial charge in [-0.1, -0.05) is 6.07 Å². The summed E-state index contributed by atoms with van der Waals surface area (Å²) in [5.41, 5.74) is 2.57. The van der Waals surface area contributed by atoms with Gasteiger partial charge >= 0.3 is 0 Å². The summed E-state index contributed by atoms with van der Waals surface area (Å²) in [7, 11) is 0. The van der Waals surface area contributed by atoms with E-state index in [1.165, 1.54) is 0 Å². The van der Waals surface area contributed by atoms with Crippen LogP contribution < -0.4 is 0 Å². The summed E-state index contributed by atoms with van der Waals surface area (Å²) in [6.45, 7) is 13.0. The second-order valence-corrected chi connectivity index (χ2v) is 9.97. The summed E-state index contributed by atoms with van der Waals surface area (Å²) in [5, 5.41) is 25.2. The topological polar surface area (TPSA) is 74.9 Å². The Hall–Kier alpha value is -3.09. The number of fused-ring (bicyclic) bond motifs is 1. The van der Waals surface area contributed by atoms with Gasteiger partial charge < -0.3 is 19.5 Å². The first-order valence-electron chi connectivity index (χ1n) is 10.7. The predicted molar refractivity (Wildman–Crippen MR) is 125 cm³/mol. The van der Waals surface area contributed by atoms with Gasteiger partial charge in [-0.25, -0.2) is 14.5 Å². The first-order valence-corrected chi connectivity index (χ1v) is 10.7. The fourth-order valence-corrected chi connectivity index (χ4v) is 3.19. The Morgan fingerprint density at radius 2 is 1.45 bits per heavy atom. The molecule has 0 fully saturated rings. The first kappa shape index (κ1) is 22.6. The van der Waals surface area contributed by atoms with Crippen molar-refractivity contribution in [3.05, 3.63) is 64.8 Å². The average Bonchev–Trinajstić information content (AvgIpc) is 3.31. The quantitative estimate of drug-likeness (QED) is 0.256. The molecule has 0 saturated heterocycles. The van der Waals surface area contributed by atoms with Gasteiger partial charge in [0, 0.05) is 90.5 Å². The number of hydrogen-bond donors (Lipinski definition) is 0. The number of hydroxylamine groups is 2. The highest BCUT2D eigenvalue weighted by molar-refractivity contribution is 5.96. The summed E-state index contributed by atoms with van der Waals surface area (Å²) < 4.78 is 6.12. The highest BCUT2D eigenvalue weighted by Crippen LogP contribution is 2.30. The molecule has 0 spiro atoms. The van der Waals surface area contributed by atoms with Crippen LogP contribution in [0.25, 0.3) is 11.1 Å². The Labute approximate surface area is 184 Å². The predicted octanol–water partition coefficient (Wildman–Crippen LogP) is 4.34. The third-order valence-corrected chi connectivity index (χ3v) is 5.17. The summed E-state index contributed by atoms with van der Waals surface area (Å²) in [6, 6.07) is 3.93. The number of imidazole rings is 1. The molecule has 31 heavy (non-hydrogen) atoms. The SMILES string of the molecule is CC(C)(C)/[N+]([O-])=C/c1cn(CCCn2ccnc2)cc2c(/C=[N+](\[O-])C(C)(C)C)ccc1-2. The van der Waals surface area contributed by atoms with Crippen LogP contribution in [0.15, 0.2) is 43.2 Å². The number of rotatable bonds is 6. The van der Waals surface area contributed by atoms with E-state index in [1.54, 1.807) is 18.6 Å². The molecule has 0 aromatic carbocycles. The highest BCUT2D eigenvalue weighted by Gasteiger charge is 2.23. The summed E-state index contributed by atoms with van der Waals surface area (Å²) in [6.07, 6.45) is 13.8. The molecule has 1 aromatic heterocycles. The monoisotopic (exact) mass is 423 g/mol. The molecular weight excluding hydrogens is 390 g/mol. The van der Waals surface area contributed by atoms with Gasteiger partial charge in [-0.05, 0) is 18.1 Å². The van der Waals surface area contributed by atoms with Gasteiger partial charge in [-0.2, -0.15) is 0 Å². The number of nitrogens with zero attached hydrogens (tertiary/aromatic N) is 5. The minimum Gasteiger partial charge on any atom is -0.623 e. The van der Waals surface area contributed by atoms with Gasteiger partial charge in [-0.15, -0.1) is 0 Å². The molecule has 0 saturated carbocycles. The lowest BCUT2D eigenvalue weighted by Gasteiger charge is -2.20. The zero-order valence-electron chi connectivity index (χ0n) is 19.4. The molecule has 0 amide bonds. The molecule has 2 heterocycles. The molecule has 7 nitrogen and oxygen atoms in total. The smallest absolute Gasteiger partial charge is 0.184 e. The van der Waals surface area contributed by atoms with Crippen LogP contribution in [-0.2, 0) is 13.1 Å². The van der Waals surface area contributed by atoms with Crippen molar-refractivity contribution in [3.8, 4) is 11.1 Å². The average molecular weight is 424 g/mol. The Bertz CT molecular complexity index is 1050. The van der Waals surface area contributed by atoms with Crippen molar-refractivity contribution >= 4 is 12.4 Å². The van der Waals surface area contributed by atoms with Gasteiger partial charge in [0.2, 0.25) is 0 Å². The van der Waals surface area contributed by atoms with Crippen LogP contribution in [0.2, 0.25) is 0 Å². The molecule has 166 valence electrons. The van der Waals surface area contributed by atoms with Crippen molar-refractivity contribution in [2.24, 2.45) is 0 Å². The van der Waals surface area contributed by atoms with E-state index in [1.807, 2.05) is 77.0 Å². The zero-order chi connectivity index (χ0) is 22.8. The molecule has 2 aliphatic rings. The second-order valence-electron chi connectivity index (χ2n) is 9.97. The molecule has 1 aliphatic heterocycles. The minimum absolute atomic E-state index is 0.522. The van der Waals surface area contributed by atoms with E-state index in [-0.39, 0.29) is 0 Å².